The van der Waals surface area contributed by atoms with Crippen LogP contribution in [0.15, 0.2) is 73.2 Å². The SMILES string of the molecule is CC(CN(C)C)n1cc(-c2cncc(-c3ccc(Cl)cc3)c2)c2ccccc21. The Hall–Kier alpha value is -2.62. The zero-order valence-corrected chi connectivity index (χ0v) is 17.2. The third-order valence-corrected chi connectivity index (χ3v) is 5.32. The van der Waals surface area contributed by atoms with Gasteiger partial charge in [0.05, 0.1) is 0 Å². The fourth-order valence-electron chi connectivity index (χ4n) is 3.80. The number of hydrogen-bond acceptors (Lipinski definition) is 2. The molecule has 1 unspecified atom stereocenters. The molecular formula is C24H24ClN3. The first-order chi connectivity index (χ1) is 13.5. The van der Waals surface area contributed by atoms with E-state index in [0.717, 1.165) is 28.3 Å². The minimum Gasteiger partial charge on any atom is -0.343 e. The summed E-state index contributed by atoms with van der Waals surface area (Å²) in [6.07, 6.45) is 6.12. The predicted molar refractivity (Wildman–Crippen MR) is 119 cm³/mol. The van der Waals surface area contributed by atoms with E-state index < -0.39 is 0 Å². The first-order valence-electron chi connectivity index (χ1n) is 9.48. The molecule has 0 N–H and O–H groups in total. The van der Waals surface area contributed by atoms with E-state index in [9.17, 15) is 0 Å². The van der Waals surface area contributed by atoms with Crippen LogP contribution in [0.1, 0.15) is 13.0 Å². The van der Waals surface area contributed by atoms with Crippen molar-refractivity contribution >= 4 is 22.5 Å². The van der Waals surface area contributed by atoms with E-state index >= 15 is 0 Å². The lowest BCUT2D eigenvalue weighted by Crippen LogP contribution is -2.21. The monoisotopic (exact) mass is 389 g/mol. The van der Waals surface area contributed by atoms with Crippen LogP contribution in [0, 0.1) is 0 Å². The summed E-state index contributed by atoms with van der Waals surface area (Å²) < 4.78 is 2.37. The third-order valence-electron chi connectivity index (χ3n) is 5.07. The molecular weight excluding hydrogens is 366 g/mol. The van der Waals surface area contributed by atoms with Gasteiger partial charge in [-0.1, -0.05) is 41.9 Å². The number of nitrogens with zero attached hydrogens (tertiary/aromatic N) is 3. The van der Waals surface area contributed by atoms with Crippen molar-refractivity contribution in [1.82, 2.24) is 14.5 Å². The van der Waals surface area contributed by atoms with Crippen molar-refractivity contribution in [3.63, 3.8) is 0 Å². The van der Waals surface area contributed by atoms with E-state index in [1.54, 1.807) is 0 Å². The van der Waals surface area contributed by atoms with Crippen LogP contribution in [-0.4, -0.2) is 35.1 Å². The van der Waals surface area contributed by atoms with E-state index in [0.29, 0.717) is 6.04 Å². The van der Waals surface area contributed by atoms with Crippen LogP contribution in [-0.2, 0) is 0 Å². The Morgan fingerprint density at radius 1 is 0.964 bits per heavy atom. The quantitative estimate of drug-likeness (QED) is 0.408. The molecule has 0 bridgehead atoms. The Balaban J connectivity index is 1.81. The van der Waals surface area contributed by atoms with Crippen LogP contribution < -0.4 is 0 Å². The minimum atomic E-state index is 0.376. The van der Waals surface area contributed by atoms with Gasteiger partial charge in [0.2, 0.25) is 0 Å². The van der Waals surface area contributed by atoms with E-state index in [2.05, 4.69) is 72.0 Å². The van der Waals surface area contributed by atoms with Crippen LogP contribution in [0.25, 0.3) is 33.2 Å². The molecule has 3 nitrogen and oxygen atoms in total. The van der Waals surface area contributed by atoms with Gasteiger partial charge in [-0.15, -0.1) is 0 Å². The number of likely N-dealkylation sites (N-methyl/N-ethyl adjacent to an activating group) is 1. The average Bonchev–Trinajstić information content (AvgIpc) is 3.08. The third kappa shape index (κ3) is 3.68. The van der Waals surface area contributed by atoms with Crippen LogP contribution in [0.2, 0.25) is 5.02 Å². The summed E-state index contributed by atoms with van der Waals surface area (Å²) in [5.74, 6) is 0. The first kappa shape index (κ1) is 18.7. The molecule has 2 aromatic carbocycles. The number of para-hydroxylation sites is 1. The van der Waals surface area contributed by atoms with Crippen molar-refractivity contribution in [3.8, 4) is 22.3 Å². The molecule has 2 aromatic heterocycles. The summed E-state index contributed by atoms with van der Waals surface area (Å²) in [7, 11) is 4.23. The van der Waals surface area contributed by atoms with Crippen LogP contribution >= 0.6 is 11.6 Å². The van der Waals surface area contributed by atoms with E-state index in [1.165, 1.54) is 16.5 Å². The van der Waals surface area contributed by atoms with Gasteiger partial charge in [0.1, 0.15) is 0 Å². The number of rotatable bonds is 5. The average molecular weight is 390 g/mol. The molecule has 0 saturated carbocycles. The molecule has 4 rings (SSSR count). The van der Waals surface area contributed by atoms with Crippen LogP contribution in [0.3, 0.4) is 0 Å². The second kappa shape index (κ2) is 7.78. The molecule has 142 valence electrons. The maximum absolute atomic E-state index is 6.04. The molecule has 0 fully saturated rings. The molecule has 0 aliphatic heterocycles. The molecule has 0 spiro atoms. The largest absolute Gasteiger partial charge is 0.343 e. The number of aromatic nitrogens is 2. The zero-order chi connectivity index (χ0) is 19.7. The van der Waals surface area contributed by atoms with Crippen molar-refractivity contribution in [2.75, 3.05) is 20.6 Å². The van der Waals surface area contributed by atoms with Gasteiger partial charge in [0.15, 0.2) is 0 Å². The molecule has 4 heteroatoms. The minimum absolute atomic E-state index is 0.376. The van der Waals surface area contributed by atoms with Gasteiger partial charge >= 0.3 is 0 Å². The number of pyridine rings is 1. The molecule has 0 aliphatic carbocycles. The highest BCUT2D eigenvalue weighted by atomic mass is 35.5. The Labute approximate surface area is 171 Å². The lowest BCUT2D eigenvalue weighted by Gasteiger charge is -2.19. The molecule has 0 aliphatic rings. The number of fused-ring (bicyclic) bond motifs is 1. The molecule has 4 aromatic rings. The smallest absolute Gasteiger partial charge is 0.0489 e. The van der Waals surface area contributed by atoms with Gasteiger partial charge in [-0.25, -0.2) is 0 Å². The summed E-state index contributed by atoms with van der Waals surface area (Å²) in [5.41, 5.74) is 5.79. The van der Waals surface area contributed by atoms with Crippen molar-refractivity contribution in [1.29, 1.82) is 0 Å². The van der Waals surface area contributed by atoms with E-state index in [-0.39, 0.29) is 0 Å². The van der Waals surface area contributed by atoms with Crippen molar-refractivity contribution < 1.29 is 0 Å². The van der Waals surface area contributed by atoms with Crippen molar-refractivity contribution in [2.24, 2.45) is 0 Å². The highest BCUT2D eigenvalue weighted by Crippen LogP contribution is 2.34. The Morgan fingerprint density at radius 3 is 2.43 bits per heavy atom. The summed E-state index contributed by atoms with van der Waals surface area (Å²) in [6, 6.07) is 19.1. The van der Waals surface area contributed by atoms with E-state index in [1.807, 2.05) is 36.7 Å². The lowest BCUT2D eigenvalue weighted by atomic mass is 10.0. The highest BCUT2D eigenvalue weighted by molar-refractivity contribution is 6.30. The molecule has 0 amide bonds. The highest BCUT2D eigenvalue weighted by Gasteiger charge is 2.15. The predicted octanol–water partition coefficient (Wildman–Crippen LogP) is 6.15. The summed E-state index contributed by atoms with van der Waals surface area (Å²) >= 11 is 6.04. The summed E-state index contributed by atoms with van der Waals surface area (Å²) in [4.78, 5) is 6.74. The standard InChI is InChI=1S/C24H24ClN3/c1-17(15-27(2)3)28-16-23(22-6-4-5-7-24(22)28)20-12-19(13-26-14-20)18-8-10-21(25)11-9-18/h4-14,16-17H,15H2,1-3H3. The molecule has 0 radical (unpaired) electrons. The summed E-state index contributed by atoms with van der Waals surface area (Å²) in [6.45, 7) is 3.25. The second-order valence-electron chi connectivity index (χ2n) is 7.55. The normalized spacial score (nSPS) is 12.6. The Bertz CT molecular complexity index is 1100. The van der Waals surface area contributed by atoms with Gasteiger partial charge in [0, 0.05) is 63.8 Å². The van der Waals surface area contributed by atoms with Gasteiger partial charge < -0.3 is 9.47 Å². The summed E-state index contributed by atoms with van der Waals surface area (Å²) in [5, 5.41) is 1.99. The van der Waals surface area contributed by atoms with Gasteiger partial charge in [-0.05, 0) is 50.8 Å². The molecule has 28 heavy (non-hydrogen) atoms. The maximum atomic E-state index is 6.04. The van der Waals surface area contributed by atoms with E-state index in [4.69, 9.17) is 11.6 Å². The van der Waals surface area contributed by atoms with Crippen LogP contribution in [0.5, 0.6) is 0 Å². The number of halogens is 1. The zero-order valence-electron chi connectivity index (χ0n) is 16.4. The fourth-order valence-corrected chi connectivity index (χ4v) is 3.93. The maximum Gasteiger partial charge on any atom is 0.0489 e. The van der Waals surface area contributed by atoms with Crippen molar-refractivity contribution in [3.05, 3.63) is 78.2 Å². The van der Waals surface area contributed by atoms with Gasteiger partial charge in [-0.3, -0.25) is 4.98 Å². The molecule has 0 saturated heterocycles. The van der Waals surface area contributed by atoms with Crippen LogP contribution in [0.4, 0.5) is 0 Å². The lowest BCUT2D eigenvalue weighted by molar-refractivity contribution is 0.341. The number of benzene rings is 2. The molecule has 1 atom stereocenters. The first-order valence-corrected chi connectivity index (χ1v) is 9.86. The van der Waals surface area contributed by atoms with Gasteiger partial charge in [-0.2, -0.15) is 0 Å². The fraction of sp³-hybridized carbons (Fsp3) is 0.208. The number of hydrogen-bond donors (Lipinski definition) is 0. The van der Waals surface area contributed by atoms with Gasteiger partial charge in [0.25, 0.3) is 0 Å². The Kier molecular flexibility index (Phi) is 5.21. The topological polar surface area (TPSA) is 21.1 Å². The second-order valence-corrected chi connectivity index (χ2v) is 7.98. The Morgan fingerprint density at radius 2 is 1.68 bits per heavy atom. The molecule has 2 heterocycles. The van der Waals surface area contributed by atoms with Crippen molar-refractivity contribution in [2.45, 2.75) is 13.0 Å².